The fourth-order valence-corrected chi connectivity index (χ4v) is 4.11. The van der Waals surface area contributed by atoms with Gasteiger partial charge >= 0.3 is 0 Å². The summed E-state index contributed by atoms with van der Waals surface area (Å²) in [5.41, 5.74) is 2.87. The third-order valence-electron chi connectivity index (χ3n) is 5.29. The highest BCUT2D eigenvalue weighted by Gasteiger charge is 2.39. The lowest BCUT2D eigenvalue weighted by Gasteiger charge is -2.25. The molecule has 2 aliphatic rings. The summed E-state index contributed by atoms with van der Waals surface area (Å²) in [4.78, 5) is 0. The minimum absolute atomic E-state index is 0.157. The third-order valence-corrected chi connectivity index (χ3v) is 5.29. The lowest BCUT2D eigenvalue weighted by molar-refractivity contribution is 0.335. The van der Waals surface area contributed by atoms with Crippen molar-refractivity contribution in [3.05, 3.63) is 60.8 Å². The number of hydrogen-bond donors (Lipinski definition) is 0. The molecule has 0 heteroatoms. The van der Waals surface area contributed by atoms with E-state index in [4.69, 9.17) is 0 Å². The fraction of sp³-hybridized carbons (Fsp3) is 0.520. The van der Waals surface area contributed by atoms with Crippen LogP contribution in [0, 0.1) is 35.5 Å². The minimum Gasteiger partial charge on any atom is -0.102 e. The average Bonchev–Trinajstić information content (AvgIpc) is 2.87. The standard InChI is InChI=1S/C23H30.C2H6/c1-5-8-9-12-15-19(6-2)23-18(4)21-16-13-10-11-14-17-22(21)20(23)7-3;1-2/h5-8,14,17-19,21-22H,2-3,9-11,13,16H2,1,4H3;1-2H3/b8-5-,17-14-;. The highest BCUT2D eigenvalue weighted by Crippen LogP contribution is 2.48. The molecule has 0 aromatic carbocycles. The monoisotopic (exact) mass is 336 g/mol. The number of rotatable bonds is 4. The normalized spacial score (nSPS) is 27.8. The van der Waals surface area contributed by atoms with Gasteiger partial charge in [0.1, 0.15) is 0 Å². The van der Waals surface area contributed by atoms with Gasteiger partial charge in [-0.15, -0.1) is 6.58 Å². The van der Waals surface area contributed by atoms with Crippen LogP contribution in [0.15, 0.2) is 60.8 Å². The molecule has 0 saturated heterocycles. The molecule has 0 heterocycles. The summed E-state index contributed by atoms with van der Waals surface area (Å²) in [7, 11) is 0. The van der Waals surface area contributed by atoms with E-state index in [1.165, 1.54) is 36.8 Å². The Morgan fingerprint density at radius 3 is 2.68 bits per heavy atom. The molecule has 0 fully saturated rings. The van der Waals surface area contributed by atoms with E-state index in [9.17, 15) is 0 Å². The van der Waals surface area contributed by atoms with Gasteiger partial charge in [-0.05, 0) is 49.2 Å². The summed E-state index contributed by atoms with van der Waals surface area (Å²) in [6.45, 7) is 16.6. The Balaban J connectivity index is 0.00000151. The first-order valence-corrected chi connectivity index (χ1v) is 9.99. The second-order valence-corrected chi connectivity index (χ2v) is 6.61. The van der Waals surface area contributed by atoms with Crippen molar-refractivity contribution in [1.82, 2.24) is 0 Å². The van der Waals surface area contributed by atoms with Crippen LogP contribution in [0.2, 0.25) is 0 Å². The second-order valence-electron chi connectivity index (χ2n) is 6.61. The van der Waals surface area contributed by atoms with E-state index >= 15 is 0 Å². The van der Waals surface area contributed by atoms with Crippen molar-refractivity contribution in [2.24, 2.45) is 23.7 Å². The summed E-state index contributed by atoms with van der Waals surface area (Å²) in [5.74, 6) is 8.67. The molecule has 0 amide bonds. The summed E-state index contributed by atoms with van der Waals surface area (Å²) in [6.07, 6.45) is 19.0. The first-order valence-electron chi connectivity index (χ1n) is 9.99. The maximum Gasteiger partial charge on any atom is 0.0598 e. The molecular formula is C25H36. The van der Waals surface area contributed by atoms with Crippen molar-refractivity contribution >= 4 is 0 Å². The SMILES string of the molecule is C=CC1=C(C(C#CC/C=C\C)C=C)C(C)C2CCCC/C=C\C12.CC. The largest absolute Gasteiger partial charge is 0.102 e. The molecule has 0 spiro atoms. The Kier molecular flexibility index (Phi) is 10.0. The van der Waals surface area contributed by atoms with Gasteiger partial charge in [0.15, 0.2) is 0 Å². The molecule has 0 nitrogen and oxygen atoms in total. The van der Waals surface area contributed by atoms with E-state index in [1.54, 1.807) is 0 Å². The topological polar surface area (TPSA) is 0 Å². The summed E-state index contributed by atoms with van der Waals surface area (Å²) < 4.78 is 0. The van der Waals surface area contributed by atoms with Gasteiger partial charge in [0.25, 0.3) is 0 Å². The average molecular weight is 337 g/mol. The Bertz CT molecular complexity index is 573. The number of hydrogen-bond acceptors (Lipinski definition) is 0. The summed E-state index contributed by atoms with van der Waals surface area (Å²) in [5, 5.41) is 0. The highest BCUT2D eigenvalue weighted by molar-refractivity contribution is 5.43. The zero-order valence-corrected chi connectivity index (χ0v) is 16.7. The van der Waals surface area contributed by atoms with Crippen LogP contribution in [0.5, 0.6) is 0 Å². The van der Waals surface area contributed by atoms with E-state index in [0.717, 1.165) is 6.42 Å². The van der Waals surface area contributed by atoms with E-state index in [1.807, 2.05) is 26.8 Å². The van der Waals surface area contributed by atoms with E-state index in [0.29, 0.717) is 17.8 Å². The molecule has 25 heavy (non-hydrogen) atoms. The quantitative estimate of drug-likeness (QED) is 0.374. The lowest BCUT2D eigenvalue weighted by Crippen LogP contribution is -2.17. The molecule has 0 saturated carbocycles. The van der Waals surface area contributed by atoms with Crippen LogP contribution in [0.4, 0.5) is 0 Å². The molecule has 0 aliphatic heterocycles. The predicted octanol–water partition coefficient (Wildman–Crippen LogP) is 7.28. The van der Waals surface area contributed by atoms with Gasteiger partial charge in [-0.25, -0.2) is 0 Å². The predicted molar refractivity (Wildman–Crippen MR) is 113 cm³/mol. The van der Waals surface area contributed by atoms with Crippen molar-refractivity contribution in [3.8, 4) is 11.8 Å². The number of allylic oxidation sites excluding steroid dienone is 8. The van der Waals surface area contributed by atoms with Crippen LogP contribution in [0.25, 0.3) is 0 Å². The van der Waals surface area contributed by atoms with E-state index in [-0.39, 0.29) is 5.92 Å². The van der Waals surface area contributed by atoms with Crippen LogP contribution < -0.4 is 0 Å². The van der Waals surface area contributed by atoms with E-state index < -0.39 is 0 Å². The Labute approximate surface area is 156 Å². The molecule has 0 aromatic heterocycles. The zero-order chi connectivity index (χ0) is 18.7. The van der Waals surface area contributed by atoms with Gasteiger partial charge in [-0.2, -0.15) is 0 Å². The highest BCUT2D eigenvalue weighted by atomic mass is 14.4. The summed E-state index contributed by atoms with van der Waals surface area (Å²) in [6, 6.07) is 0. The molecule has 136 valence electrons. The van der Waals surface area contributed by atoms with Crippen LogP contribution in [-0.4, -0.2) is 0 Å². The van der Waals surface area contributed by atoms with Crippen molar-refractivity contribution in [2.45, 2.75) is 59.8 Å². The maximum absolute atomic E-state index is 4.11. The lowest BCUT2D eigenvalue weighted by atomic mass is 9.79. The summed E-state index contributed by atoms with van der Waals surface area (Å²) >= 11 is 0. The Morgan fingerprint density at radius 1 is 1.28 bits per heavy atom. The smallest absolute Gasteiger partial charge is 0.0598 e. The van der Waals surface area contributed by atoms with Crippen LogP contribution in [-0.2, 0) is 0 Å². The molecule has 2 rings (SSSR count). The molecular weight excluding hydrogens is 300 g/mol. The van der Waals surface area contributed by atoms with Gasteiger partial charge < -0.3 is 0 Å². The number of fused-ring (bicyclic) bond motifs is 1. The van der Waals surface area contributed by atoms with E-state index in [2.05, 4.69) is 62.3 Å². The Hall–Kier alpha value is -1.74. The second kappa shape index (κ2) is 11.8. The van der Waals surface area contributed by atoms with Crippen molar-refractivity contribution in [3.63, 3.8) is 0 Å². The van der Waals surface area contributed by atoms with Gasteiger partial charge in [-0.1, -0.05) is 82.1 Å². The first kappa shape index (κ1) is 21.3. The molecule has 4 atom stereocenters. The van der Waals surface area contributed by atoms with Gasteiger partial charge in [0.2, 0.25) is 0 Å². The molecule has 4 unspecified atom stereocenters. The van der Waals surface area contributed by atoms with Gasteiger partial charge in [0.05, 0.1) is 5.92 Å². The first-order chi connectivity index (χ1) is 12.2. The van der Waals surface area contributed by atoms with Crippen LogP contribution >= 0.6 is 0 Å². The molecule has 0 N–H and O–H groups in total. The van der Waals surface area contributed by atoms with Crippen molar-refractivity contribution in [2.75, 3.05) is 0 Å². The van der Waals surface area contributed by atoms with Gasteiger partial charge in [-0.3, -0.25) is 0 Å². The molecule has 2 aliphatic carbocycles. The van der Waals surface area contributed by atoms with Crippen molar-refractivity contribution < 1.29 is 0 Å². The minimum atomic E-state index is 0.157. The molecule has 0 bridgehead atoms. The Morgan fingerprint density at radius 2 is 2.04 bits per heavy atom. The van der Waals surface area contributed by atoms with Crippen LogP contribution in [0.1, 0.15) is 59.8 Å². The van der Waals surface area contributed by atoms with Crippen LogP contribution in [0.3, 0.4) is 0 Å². The van der Waals surface area contributed by atoms with Crippen molar-refractivity contribution in [1.29, 1.82) is 0 Å². The maximum atomic E-state index is 4.11. The zero-order valence-electron chi connectivity index (χ0n) is 16.7. The van der Waals surface area contributed by atoms with Gasteiger partial charge in [0, 0.05) is 12.3 Å². The third kappa shape index (κ3) is 5.37. The fourth-order valence-electron chi connectivity index (χ4n) is 4.11. The molecule has 0 aromatic rings. The molecule has 0 radical (unpaired) electrons.